The number of carbonyl (C=O) groups is 1. The number of amides is 1. The SMILES string of the molecule is O=C(Nc1ccc2c(c1)CCCc1sc(Br)nc1-2)c1c(F)cccc1F. The number of nitrogens with one attached hydrogen (secondary N) is 1. The lowest BCUT2D eigenvalue weighted by atomic mass is 10.0. The molecule has 0 radical (unpaired) electrons. The molecule has 0 atom stereocenters. The summed E-state index contributed by atoms with van der Waals surface area (Å²) in [6.07, 6.45) is 2.79. The second-order valence-electron chi connectivity index (χ2n) is 6.01. The highest BCUT2D eigenvalue weighted by Crippen LogP contribution is 2.38. The third kappa shape index (κ3) is 3.17. The van der Waals surface area contributed by atoms with E-state index >= 15 is 0 Å². The van der Waals surface area contributed by atoms with E-state index in [1.54, 1.807) is 17.4 Å². The first kappa shape index (κ1) is 17.3. The van der Waals surface area contributed by atoms with Crippen LogP contribution in [0.25, 0.3) is 11.3 Å². The van der Waals surface area contributed by atoms with Gasteiger partial charge in [-0.25, -0.2) is 13.8 Å². The maximum absolute atomic E-state index is 13.8. The number of benzene rings is 2. The van der Waals surface area contributed by atoms with Crippen LogP contribution < -0.4 is 5.32 Å². The van der Waals surface area contributed by atoms with Gasteiger partial charge in [-0.2, -0.15) is 0 Å². The molecule has 1 heterocycles. The van der Waals surface area contributed by atoms with Gasteiger partial charge >= 0.3 is 0 Å². The van der Waals surface area contributed by atoms with Gasteiger partial charge in [0.2, 0.25) is 0 Å². The van der Waals surface area contributed by atoms with E-state index in [1.165, 1.54) is 10.9 Å². The molecular weight excluding hydrogens is 422 g/mol. The van der Waals surface area contributed by atoms with Gasteiger partial charge in [0.15, 0.2) is 3.92 Å². The van der Waals surface area contributed by atoms with Crippen molar-refractivity contribution in [3.63, 3.8) is 0 Å². The number of aromatic nitrogens is 1. The molecular formula is C19H13BrF2N2OS. The molecule has 1 amide bonds. The van der Waals surface area contributed by atoms with Gasteiger partial charge < -0.3 is 5.32 Å². The molecule has 0 bridgehead atoms. The zero-order valence-electron chi connectivity index (χ0n) is 13.5. The fourth-order valence-corrected chi connectivity index (χ4v) is 4.76. The molecule has 3 aromatic rings. The van der Waals surface area contributed by atoms with E-state index in [0.717, 1.165) is 52.1 Å². The lowest BCUT2D eigenvalue weighted by Crippen LogP contribution is -2.16. The van der Waals surface area contributed by atoms with Crippen molar-refractivity contribution in [1.29, 1.82) is 0 Å². The van der Waals surface area contributed by atoms with Gasteiger partial charge in [-0.3, -0.25) is 4.79 Å². The Morgan fingerprint density at radius 1 is 1.15 bits per heavy atom. The highest BCUT2D eigenvalue weighted by atomic mass is 79.9. The Hall–Kier alpha value is -2.12. The molecule has 7 heteroatoms. The van der Waals surface area contributed by atoms with E-state index in [4.69, 9.17) is 0 Å². The van der Waals surface area contributed by atoms with Crippen LogP contribution in [0, 0.1) is 11.6 Å². The quantitative estimate of drug-likeness (QED) is 0.570. The van der Waals surface area contributed by atoms with Crippen molar-refractivity contribution in [1.82, 2.24) is 4.98 Å². The molecule has 0 aliphatic heterocycles. The Labute approximate surface area is 161 Å². The van der Waals surface area contributed by atoms with Crippen molar-refractivity contribution < 1.29 is 13.6 Å². The average molecular weight is 435 g/mol. The molecule has 1 aromatic heterocycles. The first-order valence-corrected chi connectivity index (χ1v) is 9.68. The van der Waals surface area contributed by atoms with Gasteiger partial charge in [0, 0.05) is 16.1 Å². The predicted molar refractivity (Wildman–Crippen MR) is 102 cm³/mol. The summed E-state index contributed by atoms with van der Waals surface area (Å²) >= 11 is 5.07. The number of rotatable bonds is 2. The highest BCUT2D eigenvalue weighted by Gasteiger charge is 2.21. The smallest absolute Gasteiger partial charge is 0.261 e. The van der Waals surface area contributed by atoms with Gasteiger partial charge in [-0.05, 0) is 65.0 Å². The fraction of sp³-hybridized carbons (Fsp3) is 0.158. The number of thiazole rings is 1. The first-order valence-electron chi connectivity index (χ1n) is 8.07. The van der Waals surface area contributed by atoms with Crippen LogP contribution in [-0.2, 0) is 12.8 Å². The Kier molecular flexibility index (Phi) is 4.58. The van der Waals surface area contributed by atoms with Crippen LogP contribution in [0.4, 0.5) is 14.5 Å². The third-order valence-electron chi connectivity index (χ3n) is 4.33. The summed E-state index contributed by atoms with van der Waals surface area (Å²) in [5, 5.41) is 2.59. The van der Waals surface area contributed by atoms with Gasteiger partial charge in [-0.15, -0.1) is 11.3 Å². The standard InChI is InChI=1S/C19H13BrF2N2OS/c20-19-24-17-12-8-7-11(9-10(12)3-1-6-15(17)26-19)23-18(25)16-13(21)4-2-5-14(16)22/h2,4-5,7-9H,1,3,6H2,(H,23,25). The number of carbonyl (C=O) groups excluding carboxylic acids is 1. The monoisotopic (exact) mass is 434 g/mol. The maximum atomic E-state index is 13.8. The molecule has 0 saturated heterocycles. The minimum Gasteiger partial charge on any atom is -0.322 e. The number of hydrogen-bond donors (Lipinski definition) is 1. The molecule has 1 aliphatic carbocycles. The lowest BCUT2D eigenvalue weighted by Gasteiger charge is -2.11. The summed E-state index contributed by atoms with van der Waals surface area (Å²) in [5.74, 6) is -2.56. The van der Waals surface area contributed by atoms with Gasteiger partial charge in [0.25, 0.3) is 5.91 Å². The van der Waals surface area contributed by atoms with E-state index in [1.807, 2.05) is 12.1 Å². The molecule has 4 rings (SSSR count). The minimum absolute atomic E-state index is 0.508. The number of fused-ring (bicyclic) bond motifs is 3. The molecule has 3 nitrogen and oxygen atoms in total. The number of halogens is 3. The van der Waals surface area contributed by atoms with Gasteiger partial charge in [0.05, 0.1) is 5.69 Å². The summed E-state index contributed by atoms with van der Waals surface area (Å²) < 4.78 is 28.4. The number of aryl methyl sites for hydroxylation is 2. The zero-order valence-corrected chi connectivity index (χ0v) is 15.9. The van der Waals surface area contributed by atoms with E-state index < -0.39 is 23.1 Å². The zero-order chi connectivity index (χ0) is 18.3. The second kappa shape index (κ2) is 6.89. The lowest BCUT2D eigenvalue weighted by molar-refractivity contribution is 0.101. The van der Waals surface area contributed by atoms with Crippen LogP contribution in [0.3, 0.4) is 0 Å². The Bertz CT molecular complexity index is 999. The average Bonchev–Trinajstić information content (AvgIpc) is 2.87. The summed E-state index contributed by atoms with van der Waals surface area (Å²) in [4.78, 5) is 18.1. The highest BCUT2D eigenvalue weighted by molar-refractivity contribution is 9.11. The number of hydrogen-bond acceptors (Lipinski definition) is 3. The van der Waals surface area contributed by atoms with Crippen LogP contribution in [0.2, 0.25) is 0 Å². The van der Waals surface area contributed by atoms with Crippen LogP contribution >= 0.6 is 27.3 Å². The van der Waals surface area contributed by atoms with Crippen LogP contribution in [0.15, 0.2) is 40.3 Å². The topological polar surface area (TPSA) is 42.0 Å². The largest absolute Gasteiger partial charge is 0.322 e. The Morgan fingerprint density at radius 2 is 1.92 bits per heavy atom. The summed E-state index contributed by atoms with van der Waals surface area (Å²) in [6, 6.07) is 8.85. The van der Waals surface area contributed by atoms with Crippen molar-refractivity contribution >= 4 is 38.9 Å². The normalized spacial score (nSPS) is 12.9. The maximum Gasteiger partial charge on any atom is 0.261 e. The second-order valence-corrected chi connectivity index (χ2v) is 8.37. The van der Waals surface area contributed by atoms with Crippen LogP contribution in [-0.4, -0.2) is 10.9 Å². The Morgan fingerprint density at radius 3 is 2.69 bits per heavy atom. The summed E-state index contributed by atoms with van der Waals surface area (Å²) in [5.41, 5.74) is 3.00. The fourth-order valence-electron chi connectivity index (χ4n) is 3.16. The van der Waals surface area contributed by atoms with Gasteiger partial charge in [0.1, 0.15) is 17.2 Å². The minimum atomic E-state index is -0.880. The molecule has 1 N–H and O–H groups in total. The van der Waals surface area contributed by atoms with E-state index in [2.05, 4.69) is 26.2 Å². The van der Waals surface area contributed by atoms with Crippen molar-refractivity contribution in [2.24, 2.45) is 0 Å². The third-order valence-corrected chi connectivity index (χ3v) is 5.90. The molecule has 0 unspecified atom stereocenters. The van der Waals surface area contributed by atoms with Crippen molar-refractivity contribution in [2.75, 3.05) is 5.32 Å². The molecule has 2 aromatic carbocycles. The van der Waals surface area contributed by atoms with Crippen molar-refractivity contribution in [2.45, 2.75) is 19.3 Å². The molecule has 0 saturated carbocycles. The van der Waals surface area contributed by atoms with Crippen molar-refractivity contribution in [3.8, 4) is 11.3 Å². The number of nitrogens with zero attached hydrogens (tertiary/aromatic N) is 1. The molecule has 0 spiro atoms. The first-order chi connectivity index (χ1) is 12.5. The van der Waals surface area contributed by atoms with E-state index in [-0.39, 0.29) is 0 Å². The van der Waals surface area contributed by atoms with Crippen molar-refractivity contribution in [3.05, 3.63) is 68.0 Å². The van der Waals surface area contributed by atoms with Gasteiger partial charge in [-0.1, -0.05) is 12.1 Å². The predicted octanol–water partition coefficient (Wildman–Crippen LogP) is 5.59. The van der Waals surface area contributed by atoms with Crippen LogP contribution in [0.1, 0.15) is 27.2 Å². The molecule has 132 valence electrons. The summed E-state index contributed by atoms with van der Waals surface area (Å²) in [6.45, 7) is 0. The van der Waals surface area contributed by atoms with Crippen LogP contribution in [0.5, 0.6) is 0 Å². The van der Waals surface area contributed by atoms with E-state index in [9.17, 15) is 13.6 Å². The molecule has 26 heavy (non-hydrogen) atoms. The summed E-state index contributed by atoms with van der Waals surface area (Å²) in [7, 11) is 0. The number of anilines is 1. The Balaban J connectivity index is 1.66. The van der Waals surface area contributed by atoms with E-state index in [0.29, 0.717) is 5.69 Å². The molecule has 1 aliphatic rings. The molecule has 0 fully saturated rings.